The Labute approximate surface area is 111 Å². The zero-order valence-corrected chi connectivity index (χ0v) is 10.8. The zero-order chi connectivity index (χ0) is 13.2. The summed E-state index contributed by atoms with van der Waals surface area (Å²) in [6, 6.07) is 5.75. The van der Waals surface area contributed by atoms with Gasteiger partial charge in [0.1, 0.15) is 0 Å². The minimum absolute atomic E-state index is 0.550. The molecule has 1 aromatic carbocycles. The van der Waals surface area contributed by atoms with Gasteiger partial charge in [0, 0.05) is 11.7 Å². The van der Waals surface area contributed by atoms with E-state index in [1.54, 1.807) is 0 Å². The summed E-state index contributed by atoms with van der Waals surface area (Å²) in [6.45, 7) is 0. The first-order chi connectivity index (χ1) is 9.24. The van der Waals surface area contributed by atoms with E-state index in [4.69, 9.17) is 5.73 Å². The standard InChI is InChI=1S/C14H18N4O/c15-14(19)17-10-6-7-13-12(8-10)16-9-18(13)11-4-2-1-3-5-11/h6-9,11H,1-5H2,(H3,15,17,19). The highest BCUT2D eigenvalue weighted by atomic mass is 16.2. The molecule has 1 aromatic heterocycles. The van der Waals surface area contributed by atoms with Gasteiger partial charge in [-0.2, -0.15) is 0 Å². The van der Waals surface area contributed by atoms with Crippen LogP contribution >= 0.6 is 0 Å². The summed E-state index contributed by atoms with van der Waals surface area (Å²) in [5, 5.41) is 2.58. The lowest BCUT2D eigenvalue weighted by atomic mass is 9.95. The first kappa shape index (κ1) is 12.0. The minimum Gasteiger partial charge on any atom is -0.351 e. The number of anilines is 1. The van der Waals surface area contributed by atoms with E-state index < -0.39 is 6.03 Å². The molecule has 2 amide bonds. The SMILES string of the molecule is NC(=O)Nc1ccc2c(c1)ncn2C1CCCCC1. The lowest BCUT2D eigenvalue weighted by molar-refractivity contribution is 0.259. The lowest BCUT2D eigenvalue weighted by Crippen LogP contribution is -2.19. The molecular formula is C14H18N4O. The first-order valence-electron chi connectivity index (χ1n) is 6.77. The summed E-state index contributed by atoms with van der Waals surface area (Å²) < 4.78 is 2.27. The Morgan fingerprint density at radius 1 is 1.32 bits per heavy atom. The molecule has 0 saturated heterocycles. The van der Waals surface area contributed by atoms with Gasteiger partial charge in [-0.25, -0.2) is 9.78 Å². The molecule has 2 aromatic rings. The van der Waals surface area contributed by atoms with Crippen LogP contribution in [0.1, 0.15) is 38.1 Å². The van der Waals surface area contributed by atoms with Crippen LogP contribution < -0.4 is 11.1 Å². The molecule has 1 fully saturated rings. The van der Waals surface area contributed by atoms with Crippen molar-refractivity contribution in [3.63, 3.8) is 0 Å². The second-order valence-electron chi connectivity index (χ2n) is 5.14. The number of benzene rings is 1. The number of amides is 2. The van der Waals surface area contributed by atoms with Gasteiger partial charge in [0.05, 0.1) is 17.4 Å². The Morgan fingerprint density at radius 2 is 2.11 bits per heavy atom. The summed E-state index contributed by atoms with van der Waals surface area (Å²) in [5.41, 5.74) is 7.83. The summed E-state index contributed by atoms with van der Waals surface area (Å²) in [6.07, 6.45) is 8.31. The molecule has 3 rings (SSSR count). The number of nitrogens with one attached hydrogen (secondary N) is 1. The van der Waals surface area contributed by atoms with Crippen molar-refractivity contribution in [1.29, 1.82) is 0 Å². The van der Waals surface area contributed by atoms with Crippen molar-refractivity contribution in [3.8, 4) is 0 Å². The van der Waals surface area contributed by atoms with Gasteiger partial charge in [-0.1, -0.05) is 19.3 Å². The van der Waals surface area contributed by atoms with Crippen molar-refractivity contribution >= 4 is 22.8 Å². The molecule has 1 saturated carbocycles. The Kier molecular flexibility index (Phi) is 3.11. The van der Waals surface area contributed by atoms with E-state index in [1.165, 1.54) is 32.1 Å². The highest BCUT2D eigenvalue weighted by Crippen LogP contribution is 2.31. The number of carbonyl (C=O) groups excluding carboxylic acids is 1. The smallest absolute Gasteiger partial charge is 0.316 e. The maximum Gasteiger partial charge on any atom is 0.316 e. The molecule has 0 bridgehead atoms. The fraction of sp³-hybridized carbons (Fsp3) is 0.429. The third kappa shape index (κ3) is 2.41. The molecule has 1 aliphatic carbocycles. The normalized spacial score (nSPS) is 16.6. The Hall–Kier alpha value is -2.04. The highest BCUT2D eigenvalue weighted by molar-refractivity contribution is 5.90. The third-order valence-corrected chi connectivity index (χ3v) is 3.81. The second-order valence-corrected chi connectivity index (χ2v) is 5.14. The second kappa shape index (κ2) is 4.91. The number of rotatable bonds is 2. The van der Waals surface area contributed by atoms with E-state index in [1.807, 2.05) is 24.5 Å². The van der Waals surface area contributed by atoms with Gasteiger partial charge in [-0.15, -0.1) is 0 Å². The van der Waals surface area contributed by atoms with Crippen LogP contribution in [0.5, 0.6) is 0 Å². The minimum atomic E-state index is -0.550. The number of hydrogen-bond donors (Lipinski definition) is 2. The summed E-state index contributed by atoms with van der Waals surface area (Å²) in [4.78, 5) is 15.3. The largest absolute Gasteiger partial charge is 0.351 e. The topological polar surface area (TPSA) is 72.9 Å². The summed E-state index contributed by atoms with van der Waals surface area (Å²) >= 11 is 0. The molecule has 3 N–H and O–H groups in total. The number of hydrogen-bond acceptors (Lipinski definition) is 2. The molecule has 0 radical (unpaired) electrons. The molecule has 0 spiro atoms. The van der Waals surface area contributed by atoms with Gasteiger partial charge in [0.25, 0.3) is 0 Å². The quantitative estimate of drug-likeness (QED) is 0.869. The van der Waals surface area contributed by atoms with E-state index in [2.05, 4.69) is 14.9 Å². The predicted octanol–water partition coefficient (Wildman–Crippen LogP) is 3.03. The zero-order valence-electron chi connectivity index (χ0n) is 10.8. The van der Waals surface area contributed by atoms with Crippen molar-refractivity contribution in [2.24, 2.45) is 5.73 Å². The number of primary amides is 1. The highest BCUT2D eigenvalue weighted by Gasteiger charge is 2.17. The molecule has 5 nitrogen and oxygen atoms in total. The molecular weight excluding hydrogens is 240 g/mol. The van der Waals surface area contributed by atoms with Gasteiger partial charge in [-0.05, 0) is 31.0 Å². The van der Waals surface area contributed by atoms with Crippen LogP contribution in [0.2, 0.25) is 0 Å². The molecule has 5 heteroatoms. The van der Waals surface area contributed by atoms with Crippen molar-refractivity contribution in [1.82, 2.24) is 9.55 Å². The molecule has 1 aliphatic rings. The van der Waals surface area contributed by atoms with Crippen LogP contribution in [0.25, 0.3) is 11.0 Å². The van der Waals surface area contributed by atoms with Crippen molar-refractivity contribution in [3.05, 3.63) is 24.5 Å². The number of carbonyl (C=O) groups is 1. The van der Waals surface area contributed by atoms with E-state index in [0.29, 0.717) is 11.7 Å². The number of imidazole rings is 1. The van der Waals surface area contributed by atoms with Gasteiger partial charge in [0.15, 0.2) is 0 Å². The van der Waals surface area contributed by atoms with Crippen LogP contribution in [-0.4, -0.2) is 15.6 Å². The number of aromatic nitrogens is 2. The van der Waals surface area contributed by atoms with Crippen LogP contribution in [-0.2, 0) is 0 Å². The average molecular weight is 258 g/mol. The number of nitrogens with zero attached hydrogens (tertiary/aromatic N) is 2. The molecule has 19 heavy (non-hydrogen) atoms. The van der Waals surface area contributed by atoms with E-state index in [-0.39, 0.29) is 0 Å². The van der Waals surface area contributed by atoms with E-state index in [0.717, 1.165) is 11.0 Å². The van der Waals surface area contributed by atoms with E-state index in [9.17, 15) is 4.79 Å². The Bertz CT molecular complexity index is 599. The van der Waals surface area contributed by atoms with Gasteiger partial charge in [-0.3, -0.25) is 0 Å². The fourth-order valence-corrected chi connectivity index (χ4v) is 2.90. The Balaban J connectivity index is 1.92. The molecule has 0 unspecified atom stereocenters. The Morgan fingerprint density at radius 3 is 2.84 bits per heavy atom. The van der Waals surface area contributed by atoms with Crippen molar-refractivity contribution in [2.45, 2.75) is 38.1 Å². The predicted molar refractivity (Wildman–Crippen MR) is 75.1 cm³/mol. The van der Waals surface area contributed by atoms with Crippen LogP contribution in [0.4, 0.5) is 10.5 Å². The fourth-order valence-electron chi connectivity index (χ4n) is 2.90. The summed E-state index contributed by atoms with van der Waals surface area (Å²) in [7, 11) is 0. The van der Waals surface area contributed by atoms with Crippen LogP contribution in [0.3, 0.4) is 0 Å². The molecule has 100 valence electrons. The summed E-state index contributed by atoms with van der Waals surface area (Å²) in [5.74, 6) is 0. The van der Waals surface area contributed by atoms with Crippen molar-refractivity contribution in [2.75, 3.05) is 5.32 Å². The van der Waals surface area contributed by atoms with Crippen LogP contribution in [0, 0.1) is 0 Å². The molecule has 0 atom stereocenters. The lowest BCUT2D eigenvalue weighted by Gasteiger charge is -2.23. The third-order valence-electron chi connectivity index (χ3n) is 3.81. The number of fused-ring (bicyclic) bond motifs is 1. The molecule has 0 aliphatic heterocycles. The van der Waals surface area contributed by atoms with Crippen molar-refractivity contribution < 1.29 is 4.79 Å². The van der Waals surface area contributed by atoms with Gasteiger partial charge < -0.3 is 15.6 Å². The van der Waals surface area contributed by atoms with Crippen LogP contribution in [0.15, 0.2) is 24.5 Å². The maximum absolute atomic E-state index is 10.8. The number of nitrogens with two attached hydrogens (primary N) is 1. The monoisotopic (exact) mass is 258 g/mol. The average Bonchev–Trinajstić information content (AvgIpc) is 2.82. The molecule has 1 heterocycles. The van der Waals surface area contributed by atoms with Gasteiger partial charge in [0.2, 0.25) is 0 Å². The first-order valence-corrected chi connectivity index (χ1v) is 6.77. The van der Waals surface area contributed by atoms with Gasteiger partial charge >= 0.3 is 6.03 Å². The van der Waals surface area contributed by atoms with E-state index >= 15 is 0 Å². The maximum atomic E-state index is 10.8. The number of urea groups is 1.